The third-order valence-corrected chi connectivity index (χ3v) is 5.49. The van der Waals surface area contributed by atoms with Gasteiger partial charge in [-0.3, -0.25) is 9.59 Å². The van der Waals surface area contributed by atoms with Crippen molar-refractivity contribution >= 4 is 30.5 Å². The first-order valence-corrected chi connectivity index (χ1v) is 9.66. The summed E-state index contributed by atoms with van der Waals surface area (Å²) in [6.45, 7) is 6.34. The molecule has 1 amide bonds. The smallest absolute Gasteiger partial charge is 0.329 e. The van der Waals surface area contributed by atoms with Crippen molar-refractivity contribution in [3.05, 3.63) is 0 Å². The zero-order valence-corrected chi connectivity index (χ0v) is 17.0. The van der Waals surface area contributed by atoms with Crippen molar-refractivity contribution < 1.29 is 24.2 Å². The quantitative estimate of drug-likeness (QED) is 0.452. The van der Waals surface area contributed by atoms with E-state index in [1.54, 1.807) is 0 Å². The van der Waals surface area contributed by atoms with Gasteiger partial charge in [0, 0.05) is 11.8 Å². The number of nitrogens with zero attached hydrogens (tertiary/aromatic N) is 1. The fourth-order valence-electron chi connectivity index (χ4n) is 3.88. The number of hydrogen-bond donors (Lipinski definition) is 3. The number of ether oxygens (including phenoxy) is 1. The summed E-state index contributed by atoms with van der Waals surface area (Å²) in [5.41, 5.74) is 5.79. The Bertz CT molecular complexity index is 520. The third kappa shape index (κ3) is 5.61. The molecule has 1 fully saturated rings. The predicted octanol–water partition coefficient (Wildman–Crippen LogP) is 1.69. The second kappa shape index (κ2) is 9.60. The highest BCUT2D eigenvalue weighted by Crippen LogP contribution is 2.41. The Morgan fingerprint density at radius 2 is 1.85 bits per heavy atom. The lowest BCUT2D eigenvalue weighted by molar-refractivity contribution is -0.158. The summed E-state index contributed by atoms with van der Waals surface area (Å²) in [5.74, 6) is -1.98. The van der Waals surface area contributed by atoms with Gasteiger partial charge < -0.3 is 20.5 Å². The molecule has 4 atom stereocenters. The van der Waals surface area contributed by atoms with Crippen molar-refractivity contribution in [2.24, 2.45) is 17.1 Å². The van der Waals surface area contributed by atoms with Gasteiger partial charge in [-0.05, 0) is 24.2 Å². The number of carbonyl (C=O) groups excluding carboxylic acids is 2. The Kier molecular flexibility index (Phi) is 8.40. The standard InChI is InChI=1S/C18H32N2O5S/c1-18(2,3)11-7-5-6-8-13(11)20(14(10-26)17(24)25-4)16(23)12(19)9-15(21)22/h11-14,26H,5-10,19H2,1-4H3,(H,21,22)/t11?,12-,13?,14+/m0/s1. The lowest BCUT2D eigenvalue weighted by atomic mass is 9.68. The van der Waals surface area contributed by atoms with Crippen LogP contribution in [0.4, 0.5) is 0 Å². The minimum atomic E-state index is -1.21. The first-order chi connectivity index (χ1) is 12.0. The van der Waals surface area contributed by atoms with Crippen molar-refractivity contribution in [2.75, 3.05) is 12.9 Å². The molecule has 0 bridgehead atoms. The van der Waals surface area contributed by atoms with Gasteiger partial charge in [-0.25, -0.2) is 4.79 Å². The van der Waals surface area contributed by atoms with E-state index in [1.165, 1.54) is 12.0 Å². The highest BCUT2D eigenvalue weighted by atomic mass is 32.1. The molecule has 1 aliphatic carbocycles. The topological polar surface area (TPSA) is 110 Å². The number of carboxylic acids is 1. The molecular formula is C18H32N2O5S. The van der Waals surface area contributed by atoms with E-state index in [9.17, 15) is 14.4 Å². The van der Waals surface area contributed by atoms with Gasteiger partial charge in [-0.1, -0.05) is 33.6 Å². The van der Waals surface area contributed by atoms with Crippen LogP contribution in [0.2, 0.25) is 0 Å². The van der Waals surface area contributed by atoms with Crippen LogP contribution in [0.15, 0.2) is 0 Å². The largest absolute Gasteiger partial charge is 0.481 e. The molecule has 26 heavy (non-hydrogen) atoms. The number of nitrogens with two attached hydrogens (primary N) is 1. The monoisotopic (exact) mass is 388 g/mol. The fourth-order valence-corrected chi connectivity index (χ4v) is 4.21. The van der Waals surface area contributed by atoms with Gasteiger partial charge >= 0.3 is 11.9 Å². The summed E-state index contributed by atoms with van der Waals surface area (Å²) in [7, 11) is 1.26. The number of methoxy groups -OCH3 is 1. The first kappa shape index (κ1) is 22.8. The summed E-state index contributed by atoms with van der Waals surface area (Å²) >= 11 is 4.25. The number of rotatable bonds is 7. The van der Waals surface area contributed by atoms with Crippen LogP contribution in [-0.2, 0) is 19.1 Å². The number of carboxylic acid groups (broad SMARTS) is 1. The first-order valence-electron chi connectivity index (χ1n) is 9.02. The number of carbonyl (C=O) groups is 3. The number of amides is 1. The normalized spacial score (nSPS) is 23.0. The number of esters is 1. The second-order valence-electron chi connectivity index (χ2n) is 8.00. The van der Waals surface area contributed by atoms with E-state index >= 15 is 0 Å². The van der Waals surface area contributed by atoms with E-state index in [-0.39, 0.29) is 23.1 Å². The zero-order chi connectivity index (χ0) is 20.1. The molecule has 0 radical (unpaired) electrons. The molecule has 1 rings (SSSR count). The van der Waals surface area contributed by atoms with Gasteiger partial charge in [0.1, 0.15) is 6.04 Å². The predicted molar refractivity (Wildman–Crippen MR) is 102 cm³/mol. The van der Waals surface area contributed by atoms with Gasteiger partial charge in [-0.15, -0.1) is 0 Å². The molecule has 1 saturated carbocycles. The van der Waals surface area contributed by atoms with Crippen LogP contribution in [0.5, 0.6) is 0 Å². The average Bonchev–Trinajstić information content (AvgIpc) is 2.57. The van der Waals surface area contributed by atoms with Crippen LogP contribution < -0.4 is 5.73 Å². The molecular weight excluding hydrogens is 356 g/mol. The van der Waals surface area contributed by atoms with Gasteiger partial charge in [0.05, 0.1) is 19.6 Å². The molecule has 0 spiro atoms. The van der Waals surface area contributed by atoms with Gasteiger partial charge in [0.15, 0.2) is 0 Å². The Morgan fingerprint density at radius 3 is 2.31 bits per heavy atom. The molecule has 0 aromatic carbocycles. The van der Waals surface area contributed by atoms with Crippen molar-refractivity contribution in [3.8, 4) is 0 Å². The van der Waals surface area contributed by atoms with Crippen LogP contribution in [0.1, 0.15) is 52.9 Å². The van der Waals surface area contributed by atoms with E-state index in [1.807, 2.05) is 0 Å². The van der Waals surface area contributed by atoms with Gasteiger partial charge in [0.2, 0.25) is 5.91 Å². The van der Waals surface area contributed by atoms with Crippen molar-refractivity contribution in [3.63, 3.8) is 0 Å². The highest BCUT2D eigenvalue weighted by Gasteiger charge is 2.44. The minimum absolute atomic E-state index is 0.0716. The van der Waals surface area contributed by atoms with Crippen LogP contribution in [0, 0.1) is 11.3 Å². The maximum atomic E-state index is 13.1. The van der Waals surface area contributed by atoms with Crippen molar-refractivity contribution in [2.45, 2.75) is 71.0 Å². The van der Waals surface area contributed by atoms with Crippen molar-refractivity contribution in [1.29, 1.82) is 0 Å². The maximum absolute atomic E-state index is 13.1. The van der Waals surface area contributed by atoms with Crippen LogP contribution in [-0.4, -0.2) is 58.8 Å². The zero-order valence-electron chi connectivity index (χ0n) is 16.1. The van der Waals surface area contributed by atoms with E-state index in [4.69, 9.17) is 15.6 Å². The average molecular weight is 389 g/mol. The Balaban J connectivity index is 3.30. The molecule has 8 heteroatoms. The van der Waals surface area contributed by atoms with E-state index < -0.39 is 36.4 Å². The van der Waals surface area contributed by atoms with E-state index in [0.717, 1.165) is 25.7 Å². The lowest BCUT2D eigenvalue weighted by Gasteiger charge is -2.48. The number of aliphatic carboxylic acids is 1. The Morgan fingerprint density at radius 1 is 1.27 bits per heavy atom. The molecule has 0 aromatic rings. The highest BCUT2D eigenvalue weighted by molar-refractivity contribution is 7.80. The minimum Gasteiger partial charge on any atom is -0.481 e. The molecule has 0 aliphatic heterocycles. The third-order valence-electron chi connectivity index (χ3n) is 5.15. The molecule has 0 heterocycles. The SMILES string of the molecule is COC(=O)[C@@H](CS)N(C(=O)[C@@H](N)CC(=O)O)C1CCCCC1C(C)(C)C. The van der Waals surface area contributed by atoms with E-state index in [2.05, 4.69) is 33.4 Å². The van der Waals surface area contributed by atoms with Crippen molar-refractivity contribution in [1.82, 2.24) is 4.90 Å². The molecule has 3 N–H and O–H groups in total. The summed E-state index contributed by atoms with van der Waals surface area (Å²) in [5, 5.41) is 9.00. The lowest BCUT2D eigenvalue weighted by Crippen LogP contribution is -2.60. The summed E-state index contributed by atoms with van der Waals surface area (Å²) in [4.78, 5) is 37.9. The van der Waals surface area contributed by atoms with E-state index in [0.29, 0.717) is 0 Å². The second-order valence-corrected chi connectivity index (χ2v) is 8.36. The van der Waals surface area contributed by atoms with Gasteiger partial charge in [0.25, 0.3) is 0 Å². The van der Waals surface area contributed by atoms with Crippen LogP contribution >= 0.6 is 12.6 Å². The fraction of sp³-hybridized carbons (Fsp3) is 0.833. The summed E-state index contributed by atoms with van der Waals surface area (Å²) in [6, 6.07) is -2.29. The maximum Gasteiger partial charge on any atom is 0.329 e. The molecule has 7 nitrogen and oxygen atoms in total. The van der Waals surface area contributed by atoms with Crippen LogP contribution in [0.25, 0.3) is 0 Å². The number of hydrogen-bond acceptors (Lipinski definition) is 6. The molecule has 1 aliphatic rings. The van der Waals surface area contributed by atoms with Crippen LogP contribution in [0.3, 0.4) is 0 Å². The summed E-state index contributed by atoms with van der Waals surface area (Å²) < 4.78 is 4.87. The molecule has 150 valence electrons. The Hall–Kier alpha value is -1.28. The van der Waals surface area contributed by atoms with Gasteiger partial charge in [-0.2, -0.15) is 12.6 Å². The number of thiol groups is 1. The molecule has 2 unspecified atom stereocenters. The molecule has 0 saturated heterocycles. The molecule has 0 aromatic heterocycles. The Labute approximate surface area is 161 Å². The summed E-state index contributed by atoms with van der Waals surface area (Å²) in [6.07, 6.45) is 3.20.